The molecule has 0 aliphatic carbocycles. The third kappa shape index (κ3) is 5.29. The SMILES string of the molecule is CCC(O)(c1cn(C(c2ccccc2)(c2ccccc2)c2ccccc2)cn1)c1cn(C(c2ccccc2)(c2ccccc2)c2ccccc2)cn1. The van der Waals surface area contributed by atoms with Crippen LogP contribution in [0.1, 0.15) is 58.1 Å². The average Bonchev–Trinajstić information content (AvgIpc) is 3.94. The van der Waals surface area contributed by atoms with Gasteiger partial charge in [-0.2, -0.15) is 0 Å². The van der Waals surface area contributed by atoms with E-state index >= 15 is 0 Å². The zero-order valence-corrected chi connectivity index (χ0v) is 29.1. The Kier molecular flexibility index (Phi) is 8.71. The summed E-state index contributed by atoms with van der Waals surface area (Å²) in [5.74, 6) is 0. The van der Waals surface area contributed by atoms with Gasteiger partial charge < -0.3 is 14.2 Å². The third-order valence-corrected chi connectivity index (χ3v) is 10.4. The Morgan fingerprint density at radius 3 is 0.846 bits per heavy atom. The van der Waals surface area contributed by atoms with Crippen LogP contribution in [-0.2, 0) is 16.7 Å². The molecule has 254 valence electrons. The predicted octanol–water partition coefficient (Wildman–Crippen LogP) is 9.41. The van der Waals surface area contributed by atoms with E-state index in [4.69, 9.17) is 9.97 Å². The minimum absolute atomic E-state index is 0.366. The van der Waals surface area contributed by atoms with Gasteiger partial charge in [-0.25, -0.2) is 9.97 Å². The number of aliphatic hydroxyl groups is 1. The third-order valence-electron chi connectivity index (χ3n) is 10.4. The molecular weight excluding hydrogens is 637 g/mol. The minimum atomic E-state index is -1.48. The molecule has 8 rings (SSSR count). The quantitative estimate of drug-likeness (QED) is 0.139. The van der Waals surface area contributed by atoms with Crippen LogP contribution in [0.25, 0.3) is 0 Å². The molecule has 2 heterocycles. The number of imidazole rings is 2. The molecule has 0 spiro atoms. The molecule has 1 N–H and O–H groups in total. The Morgan fingerprint density at radius 2 is 0.635 bits per heavy atom. The van der Waals surface area contributed by atoms with Gasteiger partial charge in [0.25, 0.3) is 0 Å². The van der Waals surface area contributed by atoms with Gasteiger partial charge in [0.2, 0.25) is 0 Å². The van der Waals surface area contributed by atoms with Crippen molar-refractivity contribution >= 4 is 0 Å². The van der Waals surface area contributed by atoms with Crippen molar-refractivity contribution in [2.75, 3.05) is 0 Å². The maximum absolute atomic E-state index is 12.8. The summed E-state index contributed by atoms with van der Waals surface area (Å²) in [6, 6.07) is 63.0. The fourth-order valence-electron chi connectivity index (χ4n) is 7.90. The normalized spacial score (nSPS) is 12.1. The van der Waals surface area contributed by atoms with E-state index in [0.29, 0.717) is 17.8 Å². The van der Waals surface area contributed by atoms with Crippen LogP contribution in [0.5, 0.6) is 0 Å². The van der Waals surface area contributed by atoms with Gasteiger partial charge >= 0.3 is 0 Å². The van der Waals surface area contributed by atoms with E-state index in [-0.39, 0.29) is 0 Å². The zero-order chi connectivity index (χ0) is 35.4. The van der Waals surface area contributed by atoms with Crippen LogP contribution in [0.15, 0.2) is 207 Å². The lowest BCUT2D eigenvalue weighted by molar-refractivity contribution is 0.0678. The Morgan fingerprint density at radius 1 is 0.404 bits per heavy atom. The second-order valence-electron chi connectivity index (χ2n) is 13.2. The molecule has 0 fully saturated rings. The summed E-state index contributed by atoms with van der Waals surface area (Å²) in [6.45, 7) is 1.98. The predicted molar refractivity (Wildman–Crippen MR) is 207 cm³/mol. The van der Waals surface area contributed by atoms with Crippen LogP contribution in [-0.4, -0.2) is 24.2 Å². The van der Waals surface area contributed by atoms with Crippen LogP contribution >= 0.6 is 0 Å². The number of nitrogens with zero attached hydrogens (tertiary/aromatic N) is 4. The van der Waals surface area contributed by atoms with Crippen molar-refractivity contribution in [2.24, 2.45) is 0 Å². The maximum Gasteiger partial charge on any atom is 0.151 e. The van der Waals surface area contributed by atoms with Gasteiger partial charge in [0.05, 0.1) is 24.0 Å². The molecule has 6 aromatic carbocycles. The molecule has 0 atom stereocenters. The number of aromatic nitrogens is 4. The Labute approximate surface area is 305 Å². The van der Waals surface area contributed by atoms with E-state index in [1.165, 1.54) is 0 Å². The summed E-state index contributed by atoms with van der Waals surface area (Å²) in [4.78, 5) is 9.98. The standard InChI is InChI=1S/C47H40N4O/c1-2-45(52,43-33-50(35-48-43)46(37-21-9-3-10-22-37,38-23-11-4-12-24-38)39-25-13-5-14-26-39)44-34-51(36-49-44)47(40-27-15-6-16-28-40,41-29-17-7-18-30-41)42-31-19-8-20-32-42/h3-36,52H,2H2,1H3. The van der Waals surface area contributed by atoms with Crippen LogP contribution in [0.4, 0.5) is 0 Å². The van der Waals surface area contributed by atoms with E-state index in [9.17, 15) is 5.11 Å². The second-order valence-corrected chi connectivity index (χ2v) is 13.2. The molecule has 0 aliphatic heterocycles. The molecule has 0 saturated carbocycles. The van der Waals surface area contributed by atoms with Crippen LogP contribution in [0, 0.1) is 0 Å². The van der Waals surface area contributed by atoms with Crippen LogP contribution in [0.2, 0.25) is 0 Å². The highest BCUT2D eigenvalue weighted by molar-refractivity contribution is 5.53. The minimum Gasteiger partial charge on any atom is -0.377 e. The Hall–Kier alpha value is -6.30. The molecule has 8 aromatic rings. The van der Waals surface area contributed by atoms with Crippen molar-refractivity contribution in [3.8, 4) is 0 Å². The first kappa shape index (κ1) is 32.9. The van der Waals surface area contributed by atoms with Crippen molar-refractivity contribution in [3.05, 3.63) is 252 Å². The molecule has 0 amide bonds. The summed E-state index contributed by atoms with van der Waals surface area (Å²) < 4.78 is 4.28. The Bertz CT molecular complexity index is 1980. The maximum atomic E-state index is 12.8. The van der Waals surface area contributed by atoms with Crippen molar-refractivity contribution in [1.29, 1.82) is 0 Å². The van der Waals surface area contributed by atoms with E-state index < -0.39 is 16.7 Å². The van der Waals surface area contributed by atoms with Crippen LogP contribution in [0.3, 0.4) is 0 Å². The van der Waals surface area contributed by atoms with Gasteiger partial charge in [0.15, 0.2) is 5.60 Å². The first-order valence-corrected chi connectivity index (χ1v) is 17.8. The number of hydrogen-bond donors (Lipinski definition) is 1. The van der Waals surface area contributed by atoms with Crippen molar-refractivity contribution in [1.82, 2.24) is 19.1 Å². The van der Waals surface area contributed by atoms with Crippen molar-refractivity contribution in [2.45, 2.75) is 30.0 Å². The van der Waals surface area contributed by atoms with E-state index in [1.807, 2.05) is 68.4 Å². The van der Waals surface area contributed by atoms with E-state index in [2.05, 4.69) is 155 Å². The number of hydrogen-bond acceptors (Lipinski definition) is 3. The van der Waals surface area contributed by atoms with E-state index in [1.54, 1.807) is 0 Å². The van der Waals surface area contributed by atoms with E-state index in [0.717, 1.165) is 33.4 Å². The highest BCUT2D eigenvalue weighted by atomic mass is 16.3. The molecule has 5 nitrogen and oxygen atoms in total. The summed E-state index contributed by atoms with van der Waals surface area (Å²) >= 11 is 0. The largest absolute Gasteiger partial charge is 0.377 e. The summed E-state index contributed by atoms with van der Waals surface area (Å²) in [5.41, 5.74) is 4.55. The summed E-state index contributed by atoms with van der Waals surface area (Å²) in [6.07, 6.45) is 8.05. The van der Waals surface area contributed by atoms with Gasteiger partial charge in [-0.15, -0.1) is 0 Å². The molecule has 0 aliphatic rings. The number of rotatable bonds is 11. The molecule has 52 heavy (non-hydrogen) atoms. The fraction of sp³-hybridized carbons (Fsp3) is 0.106. The lowest BCUT2D eigenvalue weighted by Gasteiger charge is -2.37. The molecule has 0 bridgehead atoms. The summed E-state index contributed by atoms with van der Waals surface area (Å²) in [5, 5.41) is 12.8. The Balaban J connectivity index is 1.32. The first-order chi connectivity index (χ1) is 25.6. The second kappa shape index (κ2) is 13.8. The smallest absolute Gasteiger partial charge is 0.151 e. The van der Waals surface area contributed by atoms with Gasteiger partial charge in [-0.1, -0.05) is 189 Å². The van der Waals surface area contributed by atoms with Crippen molar-refractivity contribution in [3.63, 3.8) is 0 Å². The molecular formula is C47H40N4O. The fourth-order valence-corrected chi connectivity index (χ4v) is 7.90. The summed E-state index contributed by atoms with van der Waals surface area (Å²) in [7, 11) is 0. The van der Waals surface area contributed by atoms with Gasteiger partial charge in [0, 0.05) is 12.4 Å². The monoisotopic (exact) mass is 676 g/mol. The van der Waals surface area contributed by atoms with Gasteiger partial charge in [0.1, 0.15) is 11.1 Å². The van der Waals surface area contributed by atoms with Crippen molar-refractivity contribution < 1.29 is 5.11 Å². The lowest BCUT2D eigenvalue weighted by atomic mass is 9.76. The highest BCUT2D eigenvalue weighted by Gasteiger charge is 2.43. The molecule has 5 heteroatoms. The number of benzene rings is 6. The highest BCUT2D eigenvalue weighted by Crippen LogP contribution is 2.44. The van der Waals surface area contributed by atoms with Gasteiger partial charge in [-0.3, -0.25) is 0 Å². The first-order valence-electron chi connectivity index (χ1n) is 17.8. The van der Waals surface area contributed by atoms with Crippen LogP contribution < -0.4 is 0 Å². The molecule has 0 saturated heterocycles. The average molecular weight is 677 g/mol. The topological polar surface area (TPSA) is 55.9 Å². The molecule has 2 aromatic heterocycles. The zero-order valence-electron chi connectivity index (χ0n) is 29.1. The van der Waals surface area contributed by atoms with Gasteiger partial charge in [-0.05, 0) is 39.8 Å². The molecule has 0 unspecified atom stereocenters. The lowest BCUT2D eigenvalue weighted by Crippen LogP contribution is -2.37. The molecule has 0 radical (unpaired) electrons.